The SMILES string of the molecule is CSc1ncc(C=O)c(NCCS(C)(=O)=O)n1. The molecule has 0 fully saturated rings. The lowest BCUT2D eigenvalue weighted by Crippen LogP contribution is -2.16. The van der Waals surface area contributed by atoms with Gasteiger partial charge in [0.1, 0.15) is 15.7 Å². The first-order valence-electron chi connectivity index (χ1n) is 4.74. The Bertz CT molecular complexity index is 502. The van der Waals surface area contributed by atoms with E-state index in [9.17, 15) is 13.2 Å². The van der Waals surface area contributed by atoms with Gasteiger partial charge in [-0.3, -0.25) is 4.79 Å². The quantitative estimate of drug-likeness (QED) is 0.458. The van der Waals surface area contributed by atoms with Crippen LogP contribution in [0.5, 0.6) is 0 Å². The number of sulfone groups is 1. The zero-order chi connectivity index (χ0) is 12.9. The van der Waals surface area contributed by atoms with Crippen molar-refractivity contribution < 1.29 is 13.2 Å². The average Bonchev–Trinajstić information content (AvgIpc) is 2.27. The van der Waals surface area contributed by atoms with Crippen LogP contribution in [0.25, 0.3) is 0 Å². The largest absolute Gasteiger partial charge is 0.368 e. The monoisotopic (exact) mass is 275 g/mol. The van der Waals surface area contributed by atoms with E-state index >= 15 is 0 Å². The maximum absolute atomic E-state index is 11.0. The van der Waals surface area contributed by atoms with E-state index < -0.39 is 9.84 Å². The van der Waals surface area contributed by atoms with Crippen LogP contribution in [0.1, 0.15) is 10.4 Å². The van der Waals surface area contributed by atoms with Gasteiger partial charge in [-0.2, -0.15) is 0 Å². The molecule has 0 bridgehead atoms. The molecule has 1 N–H and O–H groups in total. The van der Waals surface area contributed by atoms with Crippen LogP contribution in [0.2, 0.25) is 0 Å². The van der Waals surface area contributed by atoms with Crippen LogP contribution in [0.4, 0.5) is 5.82 Å². The van der Waals surface area contributed by atoms with Crippen LogP contribution in [-0.4, -0.2) is 49.5 Å². The Labute approximate surface area is 104 Å². The zero-order valence-electron chi connectivity index (χ0n) is 9.50. The summed E-state index contributed by atoms with van der Waals surface area (Å²) in [7, 11) is -3.03. The van der Waals surface area contributed by atoms with Crippen LogP contribution in [-0.2, 0) is 9.84 Å². The fraction of sp³-hybridized carbons (Fsp3) is 0.444. The third kappa shape index (κ3) is 4.70. The molecule has 0 saturated heterocycles. The Morgan fingerprint density at radius 1 is 1.53 bits per heavy atom. The molecule has 0 spiro atoms. The number of thioether (sulfide) groups is 1. The number of nitrogens with zero attached hydrogens (tertiary/aromatic N) is 2. The average molecular weight is 275 g/mol. The van der Waals surface area contributed by atoms with Crippen molar-refractivity contribution in [3.05, 3.63) is 11.8 Å². The molecule has 1 rings (SSSR count). The topological polar surface area (TPSA) is 89.0 Å². The summed E-state index contributed by atoms with van der Waals surface area (Å²) in [5, 5.41) is 3.35. The molecule has 8 heteroatoms. The number of nitrogens with one attached hydrogen (secondary N) is 1. The highest BCUT2D eigenvalue weighted by Crippen LogP contribution is 2.14. The van der Waals surface area contributed by atoms with E-state index in [1.54, 1.807) is 0 Å². The van der Waals surface area contributed by atoms with Gasteiger partial charge in [-0.1, -0.05) is 11.8 Å². The molecule has 94 valence electrons. The number of carbonyl (C=O) groups is 1. The number of hydrogen-bond donors (Lipinski definition) is 1. The Kier molecular flexibility index (Phi) is 4.88. The summed E-state index contributed by atoms with van der Waals surface area (Å²) in [5.74, 6) is 0.354. The molecule has 0 aliphatic heterocycles. The van der Waals surface area contributed by atoms with Crippen molar-refractivity contribution in [1.82, 2.24) is 9.97 Å². The summed E-state index contributed by atoms with van der Waals surface area (Å²) in [4.78, 5) is 18.8. The highest BCUT2D eigenvalue weighted by Gasteiger charge is 2.07. The number of carbonyl (C=O) groups excluding carboxylic acids is 1. The molecule has 0 aliphatic carbocycles. The van der Waals surface area contributed by atoms with E-state index in [4.69, 9.17) is 0 Å². The molecule has 1 aromatic heterocycles. The van der Waals surface area contributed by atoms with Crippen molar-refractivity contribution in [3.63, 3.8) is 0 Å². The van der Waals surface area contributed by atoms with E-state index in [0.717, 1.165) is 6.26 Å². The maximum atomic E-state index is 11.0. The summed E-state index contributed by atoms with van der Waals surface area (Å²) < 4.78 is 21.9. The smallest absolute Gasteiger partial charge is 0.189 e. The van der Waals surface area contributed by atoms with Gasteiger partial charge in [0.15, 0.2) is 11.4 Å². The van der Waals surface area contributed by atoms with Gasteiger partial charge in [0.25, 0.3) is 0 Å². The summed E-state index contributed by atoms with van der Waals surface area (Å²) >= 11 is 1.34. The second-order valence-electron chi connectivity index (χ2n) is 3.34. The third-order valence-electron chi connectivity index (χ3n) is 1.87. The van der Waals surface area contributed by atoms with Crippen molar-refractivity contribution in [2.75, 3.05) is 30.1 Å². The second-order valence-corrected chi connectivity index (χ2v) is 6.37. The fourth-order valence-electron chi connectivity index (χ4n) is 1.06. The fourth-order valence-corrected chi connectivity index (χ4v) is 1.87. The minimum absolute atomic E-state index is 0.0100. The van der Waals surface area contributed by atoms with Gasteiger partial charge < -0.3 is 5.32 Å². The molecule has 1 heterocycles. The van der Waals surface area contributed by atoms with Gasteiger partial charge >= 0.3 is 0 Å². The Hall–Kier alpha value is -1.15. The first-order valence-corrected chi connectivity index (χ1v) is 8.02. The maximum Gasteiger partial charge on any atom is 0.189 e. The molecular weight excluding hydrogens is 262 g/mol. The molecule has 6 nitrogen and oxygen atoms in total. The summed E-state index contributed by atoms with van der Waals surface area (Å²) in [6.45, 7) is 0.213. The lowest BCUT2D eigenvalue weighted by molar-refractivity contribution is 0.112. The van der Waals surface area contributed by atoms with E-state index in [0.29, 0.717) is 22.8 Å². The highest BCUT2D eigenvalue weighted by atomic mass is 32.2. The molecule has 0 radical (unpaired) electrons. The molecule has 0 atom stereocenters. The molecule has 0 aromatic carbocycles. The van der Waals surface area contributed by atoms with E-state index in [1.807, 2.05) is 6.26 Å². The Balaban J connectivity index is 2.77. The molecule has 0 aliphatic rings. The number of hydrogen-bond acceptors (Lipinski definition) is 7. The molecule has 0 unspecified atom stereocenters. The van der Waals surface area contributed by atoms with Crippen LogP contribution < -0.4 is 5.32 Å². The molecule has 17 heavy (non-hydrogen) atoms. The van der Waals surface area contributed by atoms with Crippen LogP contribution in [0, 0.1) is 0 Å². The summed E-state index contributed by atoms with van der Waals surface area (Å²) in [6, 6.07) is 0. The Morgan fingerprint density at radius 2 is 2.24 bits per heavy atom. The predicted octanol–water partition coefficient (Wildman–Crippen LogP) is 0.468. The van der Waals surface area contributed by atoms with Crippen LogP contribution in [0.3, 0.4) is 0 Å². The lowest BCUT2D eigenvalue weighted by Gasteiger charge is -2.07. The van der Waals surface area contributed by atoms with E-state index in [1.165, 1.54) is 18.0 Å². The predicted molar refractivity (Wildman–Crippen MR) is 67.4 cm³/mol. The summed E-state index contributed by atoms with van der Waals surface area (Å²) in [5.41, 5.74) is 0.316. The first kappa shape index (κ1) is 13.9. The van der Waals surface area contributed by atoms with Crippen molar-refractivity contribution in [2.24, 2.45) is 0 Å². The van der Waals surface area contributed by atoms with Gasteiger partial charge in [0.2, 0.25) is 0 Å². The second kappa shape index (κ2) is 5.97. The van der Waals surface area contributed by atoms with Crippen molar-refractivity contribution in [2.45, 2.75) is 5.16 Å². The van der Waals surface area contributed by atoms with E-state index in [2.05, 4.69) is 15.3 Å². The number of aldehydes is 1. The van der Waals surface area contributed by atoms with Gasteiger partial charge in [0.05, 0.1) is 11.3 Å². The minimum atomic E-state index is -3.03. The zero-order valence-corrected chi connectivity index (χ0v) is 11.1. The minimum Gasteiger partial charge on any atom is -0.368 e. The first-order chi connectivity index (χ1) is 7.96. The lowest BCUT2D eigenvalue weighted by atomic mass is 10.3. The van der Waals surface area contributed by atoms with Gasteiger partial charge in [0, 0.05) is 19.0 Å². The van der Waals surface area contributed by atoms with Gasteiger partial charge in [-0.15, -0.1) is 0 Å². The van der Waals surface area contributed by atoms with E-state index in [-0.39, 0.29) is 12.3 Å². The van der Waals surface area contributed by atoms with Crippen molar-refractivity contribution in [3.8, 4) is 0 Å². The number of aromatic nitrogens is 2. The van der Waals surface area contributed by atoms with Crippen LogP contribution >= 0.6 is 11.8 Å². The summed E-state index contributed by atoms with van der Waals surface area (Å²) in [6.07, 6.45) is 5.01. The Morgan fingerprint density at radius 3 is 2.76 bits per heavy atom. The number of rotatable bonds is 6. The molecular formula is C9H13N3O3S2. The van der Waals surface area contributed by atoms with Crippen molar-refractivity contribution >= 4 is 33.7 Å². The number of anilines is 1. The standard InChI is InChI=1S/C9H13N3O3S2/c1-16-9-11-5-7(6-13)8(12-9)10-3-4-17(2,14)15/h5-6H,3-4H2,1-2H3,(H,10,11,12). The molecule has 0 saturated carbocycles. The normalized spacial score (nSPS) is 11.2. The molecule has 1 aromatic rings. The molecule has 0 amide bonds. The highest BCUT2D eigenvalue weighted by molar-refractivity contribution is 7.98. The third-order valence-corrected chi connectivity index (χ3v) is 3.38. The van der Waals surface area contributed by atoms with Gasteiger partial charge in [-0.05, 0) is 6.26 Å². The van der Waals surface area contributed by atoms with Gasteiger partial charge in [-0.25, -0.2) is 18.4 Å². The van der Waals surface area contributed by atoms with Crippen molar-refractivity contribution in [1.29, 1.82) is 0 Å². The van der Waals surface area contributed by atoms with Crippen LogP contribution in [0.15, 0.2) is 11.4 Å².